The molecule has 0 bridgehead atoms. The minimum atomic E-state index is -0.730. The first-order chi connectivity index (χ1) is 12.5. The fraction of sp³-hybridized carbons (Fsp3) is 0.632. The quantitative estimate of drug-likeness (QED) is 0.708. The molecule has 1 aromatic rings. The Bertz CT molecular complexity index is 689. The van der Waals surface area contributed by atoms with Gasteiger partial charge in [-0.25, -0.2) is 0 Å². The van der Waals surface area contributed by atoms with E-state index in [-0.39, 0.29) is 31.5 Å². The molecule has 27 heavy (non-hydrogen) atoms. The number of carbonyl (C=O) groups is 1. The summed E-state index contributed by atoms with van der Waals surface area (Å²) in [5.41, 5.74) is -0.402. The molecule has 0 saturated carbocycles. The first kappa shape index (κ1) is 20.2. The molecule has 3 N–H and O–H groups in total. The molecular formula is C19H27ClN2O5. The number of piperidine rings is 1. The lowest BCUT2D eigenvalue weighted by molar-refractivity contribution is -0.200. The summed E-state index contributed by atoms with van der Waals surface area (Å²) in [5, 5.41) is 17.4. The number of ether oxygens (including phenoxy) is 3. The zero-order valence-electron chi connectivity index (χ0n) is 15.5. The predicted octanol–water partition coefficient (Wildman–Crippen LogP) is 1.16. The van der Waals surface area contributed by atoms with Crippen LogP contribution in [-0.2, 0) is 16.0 Å². The van der Waals surface area contributed by atoms with Crippen molar-refractivity contribution in [2.45, 2.75) is 49.9 Å². The van der Waals surface area contributed by atoms with Crippen LogP contribution >= 0.6 is 12.4 Å². The highest BCUT2D eigenvalue weighted by Gasteiger charge is 2.52. The monoisotopic (exact) mass is 398 g/mol. The van der Waals surface area contributed by atoms with Crippen molar-refractivity contribution in [3.05, 3.63) is 23.8 Å². The maximum Gasteiger partial charge on any atom is 0.231 e. The molecule has 150 valence electrons. The van der Waals surface area contributed by atoms with Crippen LogP contribution in [0.3, 0.4) is 0 Å². The molecule has 0 aliphatic carbocycles. The van der Waals surface area contributed by atoms with E-state index in [4.69, 9.17) is 14.2 Å². The van der Waals surface area contributed by atoms with E-state index in [1.165, 1.54) is 0 Å². The second-order valence-corrected chi connectivity index (χ2v) is 7.65. The van der Waals surface area contributed by atoms with E-state index in [0.29, 0.717) is 24.5 Å². The predicted molar refractivity (Wildman–Crippen MR) is 101 cm³/mol. The molecule has 1 spiro atoms. The van der Waals surface area contributed by atoms with Crippen molar-refractivity contribution in [3.8, 4) is 11.5 Å². The van der Waals surface area contributed by atoms with Gasteiger partial charge in [-0.15, -0.1) is 12.4 Å². The molecule has 3 aliphatic rings. The third-order valence-electron chi connectivity index (χ3n) is 5.79. The van der Waals surface area contributed by atoms with E-state index in [9.17, 15) is 9.90 Å². The molecule has 7 nitrogen and oxygen atoms in total. The minimum Gasteiger partial charge on any atom is -0.454 e. The Morgan fingerprint density at radius 2 is 2.00 bits per heavy atom. The molecule has 0 aromatic heterocycles. The number of aliphatic hydroxyl groups excluding tert-OH is 1. The van der Waals surface area contributed by atoms with E-state index >= 15 is 0 Å². The number of hydrogen-bond donors (Lipinski definition) is 3. The highest BCUT2D eigenvalue weighted by Crippen LogP contribution is 2.38. The fourth-order valence-electron chi connectivity index (χ4n) is 4.26. The topological polar surface area (TPSA) is 89.1 Å². The van der Waals surface area contributed by atoms with Gasteiger partial charge in [0.1, 0.15) is 6.10 Å². The maximum absolute atomic E-state index is 12.7. The second kappa shape index (κ2) is 7.83. The third-order valence-corrected chi connectivity index (χ3v) is 5.79. The van der Waals surface area contributed by atoms with E-state index in [1.807, 2.05) is 25.1 Å². The Labute approximate surface area is 165 Å². The molecule has 2 saturated heterocycles. The van der Waals surface area contributed by atoms with Crippen molar-refractivity contribution in [2.24, 2.45) is 0 Å². The number of halogens is 1. The van der Waals surface area contributed by atoms with Crippen LogP contribution in [0.5, 0.6) is 11.5 Å². The second-order valence-electron chi connectivity index (χ2n) is 7.65. The highest BCUT2D eigenvalue weighted by molar-refractivity contribution is 5.85. The Morgan fingerprint density at radius 1 is 1.26 bits per heavy atom. The summed E-state index contributed by atoms with van der Waals surface area (Å²) >= 11 is 0. The van der Waals surface area contributed by atoms with Gasteiger partial charge in [0.05, 0.1) is 17.6 Å². The van der Waals surface area contributed by atoms with Crippen LogP contribution in [0.25, 0.3) is 0 Å². The molecule has 1 amide bonds. The van der Waals surface area contributed by atoms with Crippen molar-refractivity contribution in [1.29, 1.82) is 0 Å². The van der Waals surface area contributed by atoms with Gasteiger partial charge in [-0.1, -0.05) is 6.07 Å². The van der Waals surface area contributed by atoms with Gasteiger partial charge in [0.15, 0.2) is 11.5 Å². The van der Waals surface area contributed by atoms with Crippen LogP contribution in [0.4, 0.5) is 0 Å². The molecule has 3 aliphatic heterocycles. The summed E-state index contributed by atoms with van der Waals surface area (Å²) in [7, 11) is 0. The van der Waals surface area contributed by atoms with Gasteiger partial charge in [-0.3, -0.25) is 4.79 Å². The number of aliphatic hydroxyl groups is 1. The molecule has 4 rings (SSSR count). The van der Waals surface area contributed by atoms with Gasteiger partial charge in [0, 0.05) is 6.61 Å². The van der Waals surface area contributed by atoms with Crippen LogP contribution in [0.2, 0.25) is 0 Å². The Hall–Kier alpha value is -1.54. The van der Waals surface area contributed by atoms with Gasteiger partial charge >= 0.3 is 0 Å². The van der Waals surface area contributed by atoms with Crippen molar-refractivity contribution in [1.82, 2.24) is 10.6 Å². The van der Waals surface area contributed by atoms with Gasteiger partial charge < -0.3 is 30.0 Å². The average molecular weight is 399 g/mol. The first-order valence-electron chi connectivity index (χ1n) is 9.23. The van der Waals surface area contributed by atoms with E-state index in [1.54, 1.807) is 0 Å². The lowest BCUT2D eigenvalue weighted by atomic mass is 9.73. The Morgan fingerprint density at radius 3 is 2.78 bits per heavy atom. The van der Waals surface area contributed by atoms with Gasteiger partial charge in [-0.05, 0) is 57.0 Å². The molecule has 2 atom stereocenters. The molecule has 0 unspecified atom stereocenters. The van der Waals surface area contributed by atoms with Gasteiger partial charge in [-0.2, -0.15) is 0 Å². The van der Waals surface area contributed by atoms with Gasteiger partial charge in [0.25, 0.3) is 0 Å². The largest absolute Gasteiger partial charge is 0.454 e. The van der Waals surface area contributed by atoms with Crippen LogP contribution in [-0.4, -0.2) is 54.7 Å². The molecule has 8 heteroatoms. The lowest BCUT2D eigenvalue weighted by Gasteiger charge is -2.52. The first-order valence-corrected chi connectivity index (χ1v) is 9.23. The zero-order valence-corrected chi connectivity index (χ0v) is 16.3. The van der Waals surface area contributed by atoms with Gasteiger partial charge in [0.2, 0.25) is 12.7 Å². The third kappa shape index (κ3) is 3.87. The fourth-order valence-corrected chi connectivity index (χ4v) is 4.26. The SMILES string of the molecule is C[C@@]1(NC(=O)Cc2ccc3c(c2)OCO3)CCOC2(CCNCC2)[C@H]1O.Cl. The average Bonchev–Trinajstić information content (AvgIpc) is 3.08. The van der Waals surface area contributed by atoms with Crippen LogP contribution in [0.15, 0.2) is 18.2 Å². The summed E-state index contributed by atoms with van der Waals surface area (Å²) in [5.74, 6) is 1.26. The van der Waals surface area contributed by atoms with Crippen molar-refractivity contribution in [3.63, 3.8) is 0 Å². The molecule has 0 radical (unpaired) electrons. The smallest absolute Gasteiger partial charge is 0.231 e. The van der Waals surface area contributed by atoms with Crippen LogP contribution in [0.1, 0.15) is 31.7 Å². The van der Waals surface area contributed by atoms with Crippen LogP contribution in [0, 0.1) is 0 Å². The molecular weight excluding hydrogens is 372 g/mol. The van der Waals surface area contributed by atoms with Crippen molar-refractivity contribution < 1.29 is 24.1 Å². The van der Waals surface area contributed by atoms with E-state index in [0.717, 1.165) is 31.5 Å². The van der Waals surface area contributed by atoms with E-state index < -0.39 is 17.2 Å². The number of rotatable bonds is 3. The number of carbonyl (C=O) groups excluding carboxylic acids is 1. The Kier molecular flexibility index (Phi) is 5.86. The highest BCUT2D eigenvalue weighted by atomic mass is 35.5. The molecule has 3 heterocycles. The summed E-state index contributed by atoms with van der Waals surface area (Å²) in [6.07, 6.45) is 1.60. The summed E-state index contributed by atoms with van der Waals surface area (Å²) in [4.78, 5) is 12.7. The number of hydrogen-bond acceptors (Lipinski definition) is 6. The number of amides is 1. The summed E-state index contributed by atoms with van der Waals surface area (Å²) in [6.45, 7) is 4.31. The molecule has 2 fully saturated rings. The van der Waals surface area contributed by atoms with Crippen molar-refractivity contribution >= 4 is 18.3 Å². The van der Waals surface area contributed by atoms with E-state index in [2.05, 4.69) is 10.6 Å². The summed E-state index contributed by atoms with van der Waals surface area (Å²) in [6, 6.07) is 5.52. The number of benzene rings is 1. The Balaban J connectivity index is 0.00000210. The van der Waals surface area contributed by atoms with Crippen molar-refractivity contribution in [2.75, 3.05) is 26.5 Å². The summed E-state index contributed by atoms with van der Waals surface area (Å²) < 4.78 is 16.7. The number of nitrogens with one attached hydrogen (secondary N) is 2. The lowest BCUT2D eigenvalue weighted by Crippen LogP contribution is -2.69. The normalized spacial score (nSPS) is 28.4. The maximum atomic E-state index is 12.7. The minimum absolute atomic E-state index is 0. The van der Waals surface area contributed by atoms with Crippen LogP contribution < -0.4 is 20.1 Å². The number of fused-ring (bicyclic) bond motifs is 1. The zero-order chi connectivity index (χ0) is 18.2. The molecule has 1 aromatic carbocycles. The standard InChI is InChI=1S/C19H26N2O5.ClH/c1-18(6-9-26-19(17(18)23)4-7-20-8-5-19)21-16(22)11-13-2-3-14-15(10-13)25-12-24-14;/h2-3,10,17,20,23H,4-9,11-12H2,1H3,(H,21,22);1H/t17-,18+;/m0./s1.